The monoisotopic (exact) mass is 404 g/mol. The van der Waals surface area contributed by atoms with E-state index in [9.17, 15) is 0 Å². The van der Waals surface area contributed by atoms with Crippen molar-refractivity contribution in [1.82, 2.24) is 9.38 Å². The van der Waals surface area contributed by atoms with E-state index in [4.69, 9.17) is 11.6 Å². The molecule has 2 aromatic heterocycles. The van der Waals surface area contributed by atoms with E-state index in [1.807, 2.05) is 22.7 Å². The highest BCUT2D eigenvalue weighted by Crippen LogP contribution is 2.19. The first-order valence-corrected chi connectivity index (χ1v) is 5.70. The molecule has 0 bridgehead atoms. The fourth-order valence-electron chi connectivity index (χ4n) is 0.988. The van der Waals surface area contributed by atoms with Gasteiger partial charge in [0.15, 0.2) is 3.83 Å². The standard InChI is InChI=1S/C7H3ClI2N2/c8-4-1-2-5-6(9)11-7(10)12(5)3-4/h1-3H. The molecule has 0 radical (unpaired) electrons. The predicted molar refractivity (Wildman–Crippen MR) is 65.6 cm³/mol. The Kier molecular flexibility index (Phi) is 2.48. The van der Waals surface area contributed by atoms with Gasteiger partial charge in [-0.3, -0.25) is 4.40 Å². The smallest absolute Gasteiger partial charge is 0.177 e. The molecule has 0 amide bonds. The van der Waals surface area contributed by atoms with E-state index in [-0.39, 0.29) is 0 Å². The van der Waals surface area contributed by atoms with Gasteiger partial charge in [0.1, 0.15) is 3.70 Å². The highest BCUT2D eigenvalue weighted by atomic mass is 127. The lowest BCUT2D eigenvalue weighted by molar-refractivity contribution is 1.09. The maximum Gasteiger partial charge on any atom is 0.177 e. The number of hydrogen-bond donors (Lipinski definition) is 0. The molecule has 0 saturated heterocycles. The van der Waals surface area contributed by atoms with Gasteiger partial charge in [0, 0.05) is 28.8 Å². The van der Waals surface area contributed by atoms with Crippen molar-refractivity contribution in [3.63, 3.8) is 0 Å². The number of imidazole rings is 1. The van der Waals surface area contributed by atoms with Crippen LogP contribution in [0.4, 0.5) is 0 Å². The second-order valence-electron chi connectivity index (χ2n) is 2.27. The van der Waals surface area contributed by atoms with Crippen LogP contribution in [0.1, 0.15) is 0 Å². The van der Waals surface area contributed by atoms with E-state index in [2.05, 4.69) is 50.2 Å². The Morgan fingerprint density at radius 3 is 2.83 bits per heavy atom. The number of halogens is 3. The molecule has 12 heavy (non-hydrogen) atoms. The molecule has 2 rings (SSSR count). The normalized spacial score (nSPS) is 10.9. The lowest BCUT2D eigenvalue weighted by Crippen LogP contribution is -1.85. The van der Waals surface area contributed by atoms with Gasteiger partial charge in [0.2, 0.25) is 0 Å². The first kappa shape index (κ1) is 9.01. The van der Waals surface area contributed by atoms with E-state index in [1.54, 1.807) is 0 Å². The van der Waals surface area contributed by atoms with Crippen LogP contribution in [0.3, 0.4) is 0 Å². The molecular formula is C7H3ClI2N2. The van der Waals surface area contributed by atoms with Crippen LogP contribution >= 0.6 is 56.8 Å². The van der Waals surface area contributed by atoms with Crippen molar-refractivity contribution in [2.45, 2.75) is 0 Å². The highest BCUT2D eigenvalue weighted by Gasteiger charge is 2.05. The van der Waals surface area contributed by atoms with E-state index in [1.165, 1.54) is 0 Å². The molecule has 0 aliphatic rings. The molecule has 2 aromatic rings. The van der Waals surface area contributed by atoms with Crippen LogP contribution < -0.4 is 0 Å². The summed E-state index contributed by atoms with van der Waals surface area (Å²) in [6.07, 6.45) is 1.87. The third-order valence-corrected chi connectivity index (χ3v) is 3.29. The zero-order valence-corrected chi connectivity index (χ0v) is 10.8. The Balaban J connectivity index is 2.90. The lowest BCUT2D eigenvalue weighted by Gasteiger charge is -1.94. The van der Waals surface area contributed by atoms with E-state index in [0.717, 1.165) is 18.1 Å². The van der Waals surface area contributed by atoms with Crippen LogP contribution in [-0.4, -0.2) is 9.38 Å². The molecule has 0 unspecified atom stereocenters. The van der Waals surface area contributed by atoms with Crippen molar-refractivity contribution in [2.24, 2.45) is 0 Å². The number of rotatable bonds is 0. The van der Waals surface area contributed by atoms with Crippen molar-refractivity contribution in [1.29, 1.82) is 0 Å². The Morgan fingerprint density at radius 2 is 2.08 bits per heavy atom. The van der Waals surface area contributed by atoms with Gasteiger partial charge in [-0.2, -0.15) is 0 Å². The van der Waals surface area contributed by atoms with Crippen LogP contribution in [0.5, 0.6) is 0 Å². The van der Waals surface area contributed by atoms with Gasteiger partial charge in [-0.15, -0.1) is 0 Å². The summed E-state index contributed by atoms with van der Waals surface area (Å²) < 4.78 is 3.92. The first-order chi connectivity index (χ1) is 5.68. The van der Waals surface area contributed by atoms with Gasteiger partial charge < -0.3 is 0 Å². The Labute approximate surface area is 102 Å². The molecule has 0 aliphatic carbocycles. The zero-order chi connectivity index (χ0) is 8.72. The quantitative estimate of drug-likeness (QED) is 0.617. The van der Waals surface area contributed by atoms with Crippen LogP contribution in [0.25, 0.3) is 5.52 Å². The second-order valence-corrected chi connectivity index (χ2v) is 4.70. The van der Waals surface area contributed by atoms with Crippen LogP contribution in [0.15, 0.2) is 18.3 Å². The number of nitrogens with zero attached hydrogens (tertiary/aromatic N) is 2. The van der Waals surface area contributed by atoms with Crippen LogP contribution in [0.2, 0.25) is 5.02 Å². The highest BCUT2D eigenvalue weighted by molar-refractivity contribution is 14.1. The number of pyridine rings is 1. The van der Waals surface area contributed by atoms with Crippen molar-refractivity contribution >= 4 is 62.3 Å². The minimum Gasteiger partial charge on any atom is -0.293 e. The Bertz CT molecular complexity index is 438. The van der Waals surface area contributed by atoms with Crippen molar-refractivity contribution in [2.75, 3.05) is 0 Å². The van der Waals surface area contributed by atoms with E-state index < -0.39 is 0 Å². The molecular weight excluding hydrogens is 401 g/mol. The largest absolute Gasteiger partial charge is 0.293 e. The third-order valence-electron chi connectivity index (χ3n) is 1.51. The lowest BCUT2D eigenvalue weighted by atomic mass is 10.4. The van der Waals surface area contributed by atoms with Gasteiger partial charge in [0.05, 0.1) is 10.5 Å². The molecule has 0 atom stereocenters. The zero-order valence-electron chi connectivity index (χ0n) is 5.76. The number of hydrogen-bond acceptors (Lipinski definition) is 1. The van der Waals surface area contributed by atoms with Crippen molar-refractivity contribution < 1.29 is 0 Å². The maximum atomic E-state index is 5.85. The average Bonchev–Trinajstić information content (AvgIpc) is 2.28. The van der Waals surface area contributed by atoms with Gasteiger partial charge in [-0.05, 0) is 34.7 Å². The summed E-state index contributed by atoms with van der Waals surface area (Å²) in [5.74, 6) is 0. The Hall–Kier alpha value is 0.440. The summed E-state index contributed by atoms with van der Waals surface area (Å²) in [7, 11) is 0. The van der Waals surface area contributed by atoms with Crippen LogP contribution in [-0.2, 0) is 0 Å². The minimum atomic E-state index is 0.731. The third kappa shape index (κ3) is 1.44. The number of aromatic nitrogens is 2. The summed E-state index contributed by atoms with van der Waals surface area (Å²) in [5.41, 5.74) is 1.10. The molecule has 0 aromatic carbocycles. The van der Waals surface area contributed by atoms with Crippen molar-refractivity contribution in [3.05, 3.63) is 30.9 Å². The Morgan fingerprint density at radius 1 is 1.33 bits per heavy atom. The summed E-state index contributed by atoms with van der Waals surface area (Å²) in [5, 5.41) is 0.731. The molecule has 0 fully saturated rings. The molecule has 5 heteroatoms. The molecule has 0 spiro atoms. The first-order valence-electron chi connectivity index (χ1n) is 3.17. The van der Waals surface area contributed by atoms with Gasteiger partial charge in [-0.25, -0.2) is 4.98 Å². The minimum absolute atomic E-state index is 0.731. The van der Waals surface area contributed by atoms with Gasteiger partial charge in [0.25, 0.3) is 0 Å². The molecule has 0 aliphatic heterocycles. The van der Waals surface area contributed by atoms with E-state index >= 15 is 0 Å². The predicted octanol–water partition coefficient (Wildman–Crippen LogP) is 3.20. The SMILES string of the molecule is Clc1ccc2c(I)nc(I)n2c1. The summed E-state index contributed by atoms with van der Waals surface area (Å²) in [4.78, 5) is 4.31. The second kappa shape index (κ2) is 3.30. The topological polar surface area (TPSA) is 17.3 Å². The molecule has 2 nitrogen and oxygen atoms in total. The molecule has 0 N–H and O–H groups in total. The molecule has 2 heterocycles. The van der Waals surface area contributed by atoms with Crippen molar-refractivity contribution in [3.8, 4) is 0 Å². The van der Waals surface area contributed by atoms with Gasteiger partial charge >= 0.3 is 0 Å². The number of fused-ring (bicyclic) bond motifs is 1. The summed E-state index contributed by atoms with van der Waals surface area (Å²) >= 11 is 10.2. The maximum absolute atomic E-state index is 5.85. The van der Waals surface area contributed by atoms with Crippen LogP contribution in [0, 0.1) is 7.53 Å². The fourth-order valence-corrected chi connectivity index (χ4v) is 2.92. The van der Waals surface area contributed by atoms with Gasteiger partial charge in [-0.1, -0.05) is 11.6 Å². The molecule has 62 valence electrons. The summed E-state index contributed by atoms with van der Waals surface area (Å²) in [6.45, 7) is 0. The van der Waals surface area contributed by atoms with E-state index in [0.29, 0.717) is 0 Å². The summed E-state index contributed by atoms with van der Waals surface area (Å²) in [6, 6.07) is 3.84. The average molecular weight is 404 g/mol. The molecule has 0 saturated carbocycles. The fraction of sp³-hybridized carbons (Fsp3) is 0.